The Morgan fingerprint density at radius 2 is 1.95 bits per heavy atom. The number of hydrogen-bond acceptors (Lipinski definition) is 1. The molecule has 100 valence electrons. The first-order valence-corrected chi connectivity index (χ1v) is 6.21. The van der Waals surface area contributed by atoms with Crippen molar-refractivity contribution < 1.29 is 9.18 Å². The van der Waals surface area contributed by atoms with Crippen LogP contribution in [0.25, 0.3) is 0 Å². The minimum atomic E-state index is -0.270. The van der Waals surface area contributed by atoms with Crippen LogP contribution in [0, 0.1) is 19.7 Å². The molecule has 4 heteroatoms. The number of benzene rings is 1. The van der Waals surface area contributed by atoms with Gasteiger partial charge in [0.25, 0.3) is 0 Å². The van der Waals surface area contributed by atoms with Crippen LogP contribution in [0.4, 0.5) is 4.39 Å². The van der Waals surface area contributed by atoms with E-state index in [2.05, 4.69) is 10.3 Å². The van der Waals surface area contributed by atoms with Crippen molar-refractivity contribution in [2.45, 2.75) is 26.8 Å². The van der Waals surface area contributed by atoms with E-state index < -0.39 is 0 Å². The molecule has 0 saturated heterocycles. The van der Waals surface area contributed by atoms with Crippen LogP contribution in [0.5, 0.6) is 0 Å². The number of halogens is 1. The van der Waals surface area contributed by atoms with Gasteiger partial charge < -0.3 is 10.3 Å². The van der Waals surface area contributed by atoms with Crippen molar-refractivity contribution in [3.05, 3.63) is 58.7 Å². The van der Waals surface area contributed by atoms with Crippen LogP contribution >= 0.6 is 0 Å². The van der Waals surface area contributed by atoms with Gasteiger partial charge in [-0.25, -0.2) is 4.39 Å². The van der Waals surface area contributed by atoms with E-state index in [0.29, 0.717) is 13.0 Å². The molecule has 2 aromatic rings. The van der Waals surface area contributed by atoms with E-state index in [1.165, 1.54) is 12.1 Å². The van der Waals surface area contributed by atoms with Crippen LogP contribution in [0.2, 0.25) is 0 Å². The van der Waals surface area contributed by atoms with Crippen molar-refractivity contribution in [1.29, 1.82) is 0 Å². The number of nitrogens with one attached hydrogen (secondary N) is 2. The first kappa shape index (κ1) is 13.3. The van der Waals surface area contributed by atoms with E-state index in [0.717, 1.165) is 22.5 Å². The van der Waals surface area contributed by atoms with Gasteiger partial charge in [0.1, 0.15) is 5.82 Å². The highest BCUT2D eigenvalue weighted by atomic mass is 19.1. The lowest BCUT2D eigenvalue weighted by Crippen LogP contribution is -2.24. The van der Waals surface area contributed by atoms with Gasteiger partial charge in [-0.1, -0.05) is 12.1 Å². The zero-order chi connectivity index (χ0) is 13.8. The number of carbonyl (C=O) groups excluding carboxylic acids is 1. The summed E-state index contributed by atoms with van der Waals surface area (Å²) in [6, 6.07) is 8.09. The maximum Gasteiger partial charge on any atom is 0.224 e. The van der Waals surface area contributed by atoms with E-state index >= 15 is 0 Å². The second-order valence-corrected chi connectivity index (χ2v) is 4.68. The Balaban J connectivity index is 1.88. The molecule has 1 aromatic heterocycles. The Bertz CT molecular complexity index is 572. The Kier molecular flexibility index (Phi) is 4.00. The molecule has 0 aliphatic carbocycles. The molecule has 0 aliphatic rings. The van der Waals surface area contributed by atoms with E-state index in [9.17, 15) is 9.18 Å². The molecule has 2 N–H and O–H groups in total. The fourth-order valence-electron chi connectivity index (χ4n) is 2.00. The number of amides is 1. The van der Waals surface area contributed by atoms with Crippen molar-refractivity contribution in [3.8, 4) is 0 Å². The lowest BCUT2D eigenvalue weighted by Gasteiger charge is -2.05. The van der Waals surface area contributed by atoms with Gasteiger partial charge in [-0.15, -0.1) is 0 Å². The average molecular weight is 260 g/mol. The largest absolute Gasteiger partial charge is 0.362 e. The smallest absolute Gasteiger partial charge is 0.224 e. The summed E-state index contributed by atoms with van der Waals surface area (Å²) in [4.78, 5) is 15.0. The normalized spacial score (nSPS) is 10.5. The van der Waals surface area contributed by atoms with Gasteiger partial charge in [0.15, 0.2) is 0 Å². The van der Waals surface area contributed by atoms with E-state index in [1.807, 2.05) is 19.9 Å². The summed E-state index contributed by atoms with van der Waals surface area (Å²) in [6.07, 6.45) is 0.359. The monoisotopic (exact) mass is 260 g/mol. The maximum absolute atomic E-state index is 12.7. The van der Waals surface area contributed by atoms with Crippen LogP contribution in [-0.2, 0) is 17.8 Å². The predicted octanol–water partition coefficient (Wildman–Crippen LogP) is 2.63. The molecule has 0 spiro atoms. The third kappa shape index (κ3) is 3.68. The molecule has 0 unspecified atom stereocenters. The minimum Gasteiger partial charge on any atom is -0.362 e. The topological polar surface area (TPSA) is 44.9 Å². The van der Waals surface area contributed by atoms with Crippen LogP contribution in [-0.4, -0.2) is 10.9 Å². The molecule has 1 aromatic carbocycles. The number of hydrogen-bond donors (Lipinski definition) is 2. The zero-order valence-electron chi connectivity index (χ0n) is 11.1. The van der Waals surface area contributed by atoms with Gasteiger partial charge in [0.05, 0.1) is 6.42 Å². The quantitative estimate of drug-likeness (QED) is 0.872. The second-order valence-electron chi connectivity index (χ2n) is 4.68. The average Bonchev–Trinajstić information content (AvgIpc) is 2.67. The number of H-pyrrole nitrogens is 1. The molecular weight excluding hydrogens is 243 g/mol. The SMILES string of the molecule is Cc1cc(CC(=O)NCc2ccc(F)cc2)c(C)[nH]1. The molecule has 1 heterocycles. The summed E-state index contributed by atoms with van der Waals surface area (Å²) in [5, 5.41) is 2.83. The number of aromatic amines is 1. The van der Waals surface area contributed by atoms with E-state index in [1.54, 1.807) is 12.1 Å². The summed E-state index contributed by atoms with van der Waals surface area (Å²) in [6.45, 7) is 4.34. The van der Waals surface area contributed by atoms with Crippen molar-refractivity contribution in [2.75, 3.05) is 0 Å². The van der Waals surface area contributed by atoms with Gasteiger partial charge in [-0.3, -0.25) is 4.79 Å². The molecule has 1 amide bonds. The van der Waals surface area contributed by atoms with Gasteiger partial charge >= 0.3 is 0 Å². The van der Waals surface area contributed by atoms with Crippen LogP contribution in [0.3, 0.4) is 0 Å². The molecule has 2 rings (SSSR count). The summed E-state index contributed by atoms with van der Waals surface area (Å²) in [7, 11) is 0. The standard InChI is InChI=1S/C15H17FN2O/c1-10-7-13(11(2)18-10)8-15(19)17-9-12-3-5-14(16)6-4-12/h3-7,18H,8-9H2,1-2H3,(H,17,19). The highest BCUT2D eigenvalue weighted by molar-refractivity contribution is 5.78. The minimum absolute atomic E-state index is 0.0357. The number of carbonyl (C=O) groups is 1. The van der Waals surface area contributed by atoms with Crippen molar-refractivity contribution in [3.63, 3.8) is 0 Å². The molecule has 19 heavy (non-hydrogen) atoms. The second kappa shape index (κ2) is 5.69. The highest BCUT2D eigenvalue weighted by Gasteiger charge is 2.07. The van der Waals surface area contributed by atoms with E-state index in [4.69, 9.17) is 0 Å². The van der Waals surface area contributed by atoms with E-state index in [-0.39, 0.29) is 11.7 Å². The fraction of sp³-hybridized carbons (Fsp3) is 0.267. The third-order valence-corrected chi connectivity index (χ3v) is 3.01. The van der Waals surface area contributed by atoms with Crippen LogP contribution in [0.15, 0.2) is 30.3 Å². The number of rotatable bonds is 4. The van der Waals surface area contributed by atoms with Gasteiger partial charge in [0.2, 0.25) is 5.91 Å². The van der Waals surface area contributed by atoms with Crippen molar-refractivity contribution in [1.82, 2.24) is 10.3 Å². The molecule has 0 radical (unpaired) electrons. The molecule has 0 atom stereocenters. The molecule has 0 aliphatic heterocycles. The van der Waals surface area contributed by atoms with Gasteiger partial charge in [-0.05, 0) is 43.2 Å². The van der Waals surface area contributed by atoms with Crippen LogP contribution < -0.4 is 5.32 Å². The lowest BCUT2D eigenvalue weighted by molar-refractivity contribution is -0.120. The summed E-state index contributed by atoms with van der Waals surface area (Å²) < 4.78 is 12.7. The molecule has 0 fully saturated rings. The Morgan fingerprint density at radius 3 is 2.53 bits per heavy atom. The first-order valence-electron chi connectivity index (χ1n) is 6.21. The van der Waals surface area contributed by atoms with Gasteiger partial charge in [0, 0.05) is 17.9 Å². The molecule has 0 bridgehead atoms. The van der Waals surface area contributed by atoms with Crippen LogP contribution in [0.1, 0.15) is 22.5 Å². The zero-order valence-corrected chi connectivity index (χ0v) is 11.1. The Labute approximate surface area is 111 Å². The molecule has 3 nitrogen and oxygen atoms in total. The van der Waals surface area contributed by atoms with Gasteiger partial charge in [-0.2, -0.15) is 0 Å². The first-order chi connectivity index (χ1) is 9.04. The summed E-state index contributed by atoms with van der Waals surface area (Å²) in [5.41, 5.74) is 3.97. The lowest BCUT2D eigenvalue weighted by atomic mass is 10.1. The number of aryl methyl sites for hydroxylation is 2. The summed E-state index contributed by atoms with van der Waals surface area (Å²) >= 11 is 0. The Hall–Kier alpha value is -2.10. The maximum atomic E-state index is 12.7. The third-order valence-electron chi connectivity index (χ3n) is 3.01. The van der Waals surface area contributed by atoms with Crippen molar-refractivity contribution >= 4 is 5.91 Å². The number of aromatic nitrogens is 1. The fourth-order valence-corrected chi connectivity index (χ4v) is 2.00. The highest BCUT2D eigenvalue weighted by Crippen LogP contribution is 2.10. The summed E-state index contributed by atoms with van der Waals surface area (Å²) in [5.74, 6) is -0.306. The molecule has 0 saturated carbocycles. The Morgan fingerprint density at radius 1 is 1.26 bits per heavy atom. The van der Waals surface area contributed by atoms with Crippen molar-refractivity contribution in [2.24, 2.45) is 0 Å². The molecular formula is C15H17FN2O. The predicted molar refractivity (Wildman–Crippen MR) is 72.2 cm³/mol.